The molecule has 0 aliphatic carbocycles. The van der Waals surface area contributed by atoms with Gasteiger partial charge in [-0.1, -0.05) is 74.0 Å². The van der Waals surface area contributed by atoms with Gasteiger partial charge in [-0.05, 0) is 24.5 Å². The van der Waals surface area contributed by atoms with Crippen LogP contribution in [0, 0.1) is 12.8 Å². The van der Waals surface area contributed by atoms with Gasteiger partial charge in [0, 0.05) is 56.9 Å². The lowest BCUT2D eigenvalue weighted by atomic mass is 10.1. The van der Waals surface area contributed by atoms with Gasteiger partial charge in [0.1, 0.15) is 0 Å². The van der Waals surface area contributed by atoms with Crippen LogP contribution in [0.4, 0.5) is 0 Å². The van der Waals surface area contributed by atoms with E-state index in [0.717, 1.165) is 49.5 Å². The summed E-state index contributed by atoms with van der Waals surface area (Å²) in [4.78, 5) is 18.1. The predicted octanol–water partition coefficient (Wildman–Crippen LogP) is 4.19. The topological polar surface area (TPSA) is 41.4 Å². The van der Waals surface area contributed by atoms with Crippen LogP contribution in [0.3, 0.4) is 0 Å². The molecule has 168 valence electrons. The normalized spacial score (nSPS) is 15.4. The smallest absolute Gasteiger partial charge is 0.271 e. The molecule has 4 rings (SSSR count). The Morgan fingerprint density at radius 1 is 0.875 bits per heavy atom. The van der Waals surface area contributed by atoms with Crippen molar-refractivity contribution in [3.63, 3.8) is 0 Å². The molecule has 1 saturated heterocycles. The third-order valence-corrected chi connectivity index (χ3v) is 6.04. The van der Waals surface area contributed by atoms with Crippen molar-refractivity contribution in [3.8, 4) is 11.3 Å². The van der Waals surface area contributed by atoms with Crippen LogP contribution in [-0.4, -0.2) is 45.8 Å². The molecule has 5 heteroatoms. The first-order valence-corrected chi connectivity index (χ1v) is 11.6. The Hall–Kier alpha value is -2.76. The molecule has 5 nitrogen and oxygen atoms in total. The Kier molecular flexibility index (Phi) is 7.18. The largest absolute Gasteiger partial charge is 0.297 e. The lowest BCUT2D eigenvalue weighted by Crippen LogP contribution is -2.46. The average molecular weight is 431 g/mol. The molecule has 3 aromatic rings. The fourth-order valence-corrected chi connectivity index (χ4v) is 4.23. The van der Waals surface area contributed by atoms with Crippen molar-refractivity contribution in [2.75, 3.05) is 26.2 Å². The highest BCUT2D eigenvalue weighted by molar-refractivity contribution is 5.59. The van der Waals surface area contributed by atoms with Gasteiger partial charge in [-0.3, -0.25) is 14.6 Å². The maximum Gasteiger partial charge on any atom is 0.271 e. The summed E-state index contributed by atoms with van der Waals surface area (Å²) < 4.78 is 1.67. The number of hydrogen-bond donors (Lipinski definition) is 0. The van der Waals surface area contributed by atoms with Crippen LogP contribution in [0.15, 0.2) is 65.5 Å². The van der Waals surface area contributed by atoms with E-state index in [1.807, 2.05) is 6.07 Å². The summed E-state index contributed by atoms with van der Waals surface area (Å²) in [6, 6.07) is 21.0. The summed E-state index contributed by atoms with van der Waals surface area (Å²) in [7, 11) is 0. The van der Waals surface area contributed by atoms with Crippen molar-refractivity contribution in [2.24, 2.45) is 5.92 Å². The molecular formula is C27H34N4O. The molecule has 2 aromatic carbocycles. The van der Waals surface area contributed by atoms with Gasteiger partial charge in [-0.25, -0.2) is 4.68 Å². The maximum absolute atomic E-state index is 13.2. The molecule has 0 radical (unpaired) electrons. The van der Waals surface area contributed by atoms with Crippen LogP contribution in [0.2, 0.25) is 0 Å². The maximum atomic E-state index is 13.2. The third kappa shape index (κ3) is 5.72. The van der Waals surface area contributed by atoms with Gasteiger partial charge >= 0.3 is 0 Å². The van der Waals surface area contributed by atoms with Gasteiger partial charge in [0.2, 0.25) is 0 Å². The monoisotopic (exact) mass is 430 g/mol. The fraction of sp³-hybridized carbons (Fsp3) is 0.407. The van der Waals surface area contributed by atoms with Gasteiger partial charge in [0.25, 0.3) is 5.56 Å². The zero-order valence-electron chi connectivity index (χ0n) is 19.5. The van der Waals surface area contributed by atoms with Crippen molar-refractivity contribution in [2.45, 2.75) is 40.4 Å². The first-order chi connectivity index (χ1) is 15.5. The second kappa shape index (κ2) is 10.2. The van der Waals surface area contributed by atoms with Gasteiger partial charge in [-0.2, -0.15) is 5.10 Å². The Bertz CT molecular complexity index is 1070. The summed E-state index contributed by atoms with van der Waals surface area (Å²) in [5.41, 5.74) is 5.39. The van der Waals surface area contributed by atoms with Crippen molar-refractivity contribution in [3.05, 3.63) is 87.7 Å². The summed E-state index contributed by atoms with van der Waals surface area (Å²) >= 11 is 0. The zero-order valence-corrected chi connectivity index (χ0v) is 19.5. The molecule has 2 heterocycles. The van der Waals surface area contributed by atoms with Crippen LogP contribution in [0.1, 0.15) is 30.5 Å². The number of nitrogens with zero attached hydrogens (tertiary/aromatic N) is 4. The molecule has 0 spiro atoms. The molecule has 1 aliphatic rings. The molecule has 1 aromatic heterocycles. The average Bonchev–Trinajstić information content (AvgIpc) is 2.78. The Morgan fingerprint density at radius 2 is 1.50 bits per heavy atom. The quantitative estimate of drug-likeness (QED) is 0.564. The van der Waals surface area contributed by atoms with E-state index >= 15 is 0 Å². The van der Waals surface area contributed by atoms with Gasteiger partial charge in [-0.15, -0.1) is 0 Å². The Labute approximate surface area is 191 Å². The van der Waals surface area contributed by atoms with E-state index in [9.17, 15) is 4.79 Å². The molecule has 1 aliphatic heterocycles. The van der Waals surface area contributed by atoms with E-state index in [2.05, 4.69) is 85.2 Å². The molecule has 0 unspecified atom stereocenters. The zero-order chi connectivity index (χ0) is 22.5. The molecule has 1 fully saturated rings. The Morgan fingerprint density at radius 3 is 2.12 bits per heavy atom. The SMILES string of the molecule is Cc1ccc(-c2cc(CN3CCN(Cc4ccccc4)CC3)c(=O)n(CC(C)C)n2)cc1. The van der Waals surface area contributed by atoms with Crippen LogP contribution < -0.4 is 5.56 Å². The second-order valence-electron chi connectivity index (χ2n) is 9.34. The lowest BCUT2D eigenvalue weighted by molar-refractivity contribution is 0.121. The summed E-state index contributed by atoms with van der Waals surface area (Å²) in [6.45, 7) is 12.6. The minimum atomic E-state index is 0.0428. The van der Waals surface area contributed by atoms with Gasteiger partial charge in [0.15, 0.2) is 0 Å². The minimum absolute atomic E-state index is 0.0428. The number of benzene rings is 2. The van der Waals surface area contributed by atoms with Crippen molar-refractivity contribution in [1.82, 2.24) is 19.6 Å². The van der Waals surface area contributed by atoms with E-state index in [4.69, 9.17) is 5.10 Å². The number of aryl methyl sites for hydroxylation is 1. The fourth-order valence-electron chi connectivity index (χ4n) is 4.23. The lowest BCUT2D eigenvalue weighted by Gasteiger charge is -2.34. The standard InChI is InChI=1S/C27H34N4O/c1-21(2)18-31-27(32)25(17-26(28-31)24-11-9-22(3)10-12-24)20-30-15-13-29(14-16-30)19-23-7-5-4-6-8-23/h4-12,17,21H,13-16,18-20H2,1-3H3. The number of piperazine rings is 1. The second-order valence-corrected chi connectivity index (χ2v) is 9.34. The summed E-state index contributed by atoms with van der Waals surface area (Å²) in [6.07, 6.45) is 0. The molecule has 0 atom stereocenters. The van der Waals surface area contributed by atoms with Gasteiger partial charge < -0.3 is 0 Å². The summed E-state index contributed by atoms with van der Waals surface area (Å²) in [5, 5.41) is 4.70. The number of aromatic nitrogens is 2. The number of rotatable bonds is 7. The van der Waals surface area contributed by atoms with Crippen LogP contribution in [-0.2, 0) is 19.6 Å². The van der Waals surface area contributed by atoms with Crippen molar-refractivity contribution < 1.29 is 0 Å². The Balaban J connectivity index is 1.49. The molecular weight excluding hydrogens is 396 g/mol. The molecule has 0 saturated carbocycles. The van der Waals surface area contributed by atoms with E-state index in [-0.39, 0.29) is 5.56 Å². The van der Waals surface area contributed by atoms with Crippen LogP contribution in [0.5, 0.6) is 0 Å². The first-order valence-electron chi connectivity index (χ1n) is 11.6. The minimum Gasteiger partial charge on any atom is -0.297 e. The first kappa shape index (κ1) is 22.4. The van der Waals surface area contributed by atoms with Crippen LogP contribution >= 0.6 is 0 Å². The predicted molar refractivity (Wildman–Crippen MR) is 131 cm³/mol. The highest BCUT2D eigenvalue weighted by atomic mass is 16.1. The van der Waals surface area contributed by atoms with Crippen LogP contribution in [0.25, 0.3) is 11.3 Å². The highest BCUT2D eigenvalue weighted by Crippen LogP contribution is 2.19. The molecule has 0 N–H and O–H groups in total. The van der Waals surface area contributed by atoms with Crippen molar-refractivity contribution >= 4 is 0 Å². The van der Waals surface area contributed by atoms with E-state index in [1.54, 1.807) is 4.68 Å². The molecule has 32 heavy (non-hydrogen) atoms. The third-order valence-electron chi connectivity index (χ3n) is 6.04. The van der Waals surface area contributed by atoms with Crippen molar-refractivity contribution in [1.29, 1.82) is 0 Å². The highest BCUT2D eigenvalue weighted by Gasteiger charge is 2.20. The molecule has 0 bridgehead atoms. The van der Waals surface area contributed by atoms with E-state index < -0.39 is 0 Å². The van der Waals surface area contributed by atoms with E-state index in [0.29, 0.717) is 19.0 Å². The summed E-state index contributed by atoms with van der Waals surface area (Å²) in [5.74, 6) is 0.364. The number of hydrogen-bond acceptors (Lipinski definition) is 4. The molecule has 0 amide bonds. The van der Waals surface area contributed by atoms with Gasteiger partial charge in [0.05, 0.1) is 5.69 Å². The van der Waals surface area contributed by atoms with E-state index in [1.165, 1.54) is 11.1 Å².